The lowest BCUT2D eigenvalue weighted by atomic mass is 10.2. The Bertz CT molecular complexity index is 485. The van der Waals surface area contributed by atoms with Crippen LogP contribution in [0.1, 0.15) is 17.5 Å². The average Bonchev–Trinajstić information content (AvgIpc) is 2.44. The van der Waals surface area contributed by atoms with Gasteiger partial charge < -0.3 is 10.1 Å². The molecule has 1 N–H and O–H groups in total. The van der Waals surface area contributed by atoms with Crippen LogP contribution in [0.4, 0.5) is 0 Å². The lowest BCUT2D eigenvalue weighted by Gasteiger charge is -2.07. The molecule has 0 saturated heterocycles. The Morgan fingerprint density at radius 1 is 1.16 bits per heavy atom. The summed E-state index contributed by atoms with van der Waals surface area (Å²) in [6, 6.07) is 12.1. The van der Waals surface area contributed by atoms with Crippen molar-refractivity contribution in [1.29, 1.82) is 0 Å². The topological polar surface area (TPSA) is 34.2 Å². The largest absolute Gasteiger partial charge is 0.494 e. The summed E-state index contributed by atoms with van der Waals surface area (Å²) in [6.45, 7) is 4.61. The lowest BCUT2D eigenvalue weighted by Crippen LogP contribution is -2.17. The molecule has 0 bridgehead atoms. The van der Waals surface area contributed by atoms with Crippen molar-refractivity contribution >= 4 is 0 Å². The molecule has 19 heavy (non-hydrogen) atoms. The van der Waals surface area contributed by atoms with Gasteiger partial charge in [0, 0.05) is 18.9 Å². The van der Waals surface area contributed by atoms with E-state index in [1.807, 2.05) is 42.7 Å². The van der Waals surface area contributed by atoms with E-state index >= 15 is 0 Å². The summed E-state index contributed by atoms with van der Waals surface area (Å²) in [5.74, 6) is 0.936. The number of aryl methyl sites for hydroxylation is 1. The minimum Gasteiger partial charge on any atom is -0.494 e. The predicted octanol–water partition coefficient (Wildman–Crippen LogP) is 2.95. The zero-order valence-electron chi connectivity index (χ0n) is 11.3. The minimum absolute atomic E-state index is 0.739. The van der Waals surface area contributed by atoms with Gasteiger partial charge in [0.05, 0.1) is 6.61 Å². The molecular formula is C16H20N2O. The number of ether oxygens (including phenoxy) is 1. The van der Waals surface area contributed by atoms with E-state index in [4.69, 9.17) is 4.74 Å². The predicted molar refractivity (Wildman–Crippen MR) is 77.2 cm³/mol. The highest BCUT2D eigenvalue weighted by atomic mass is 16.5. The molecule has 0 amide bonds. The molecule has 3 nitrogen and oxygen atoms in total. The van der Waals surface area contributed by atoms with Gasteiger partial charge in [0.15, 0.2) is 0 Å². The van der Waals surface area contributed by atoms with Crippen molar-refractivity contribution in [3.63, 3.8) is 0 Å². The number of benzene rings is 1. The van der Waals surface area contributed by atoms with Gasteiger partial charge in [-0.05, 0) is 43.1 Å². The Morgan fingerprint density at radius 3 is 2.79 bits per heavy atom. The van der Waals surface area contributed by atoms with Crippen LogP contribution in [0.15, 0.2) is 48.8 Å². The molecule has 0 atom stereocenters. The van der Waals surface area contributed by atoms with E-state index in [9.17, 15) is 0 Å². The maximum Gasteiger partial charge on any atom is 0.119 e. The first-order chi connectivity index (χ1) is 9.34. The maximum absolute atomic E-state index is 5.63. The molecule has 0 aliphatic heterocycles. The van der Waals surface area contributed by atoms with Crippen LogP contribution in [0.25, 0.3) is 0 Å². The molecule has 0 aliphatic rings. The fraction of sp³-hybridized carbons (Fsp3) is 0.312. The number of para-hydroxylation sites is 1. The molecule has 0 unspecified atom stereocenters. The van der Waals surface area contributed by atoms with Gasteiger partial charge in [0.2, 0.25) is 0 Å². The van der Waals surface area contributed by atoms with Crippen molar-refractivity contribution in [1.82, 2.24) is 10.3 Å². The first kappa shape index (κ1) is 13.6. The van der Waals surface area contributed by atoms with E-state index in [0.717, 1.165) is 31.9 Å². The van der Waals surface area contributed by atoms with E-state index in [1.54, 1.807) is 0 Å². The highest BCUT2D eigenvalue weighted by Crippen LogP contribution is 2.08. The number of hydrogen-bond acceptors (Lipinski definition) is 3. The van der Waals surface area contributed by atoms with Gasteiger partial charge in [0.25, 0.3) is 0 Å². The van der Waals surface area contributed by atoms with Crippen molar-refractivity contribution < 1.29 is 4.74 Å². The molecule has 1 aromatic heterocycles. The Morgan fingerprint density at radius 2 is 2.00 bits per heavy atom. The van der Waals surface area contributed by atoms with Crippen LogP contribution in [0, 0.1) is 6.92 Å². The third kappa shape index (κ3) is 5.10. The van der Waals surface area contributed by atoms with Crippen molar-refractivity contribution in [2.75, 3.05) is 13.2 Å². The third-order valence-corrected chi connectivity index (χ3v) is 2.77. The molecule has 1 aromatic carbocycles. The van der Waals surface area contributed by atoms with E-state index in [2.05, 4.69) is 23.3 Å². The molecule has 2 rings (SSSR count). The van der Waals surface area contributed by atoms with Crippen LogP contribution in [-0.2, 0) is 6.54 Å². The SMILES string of the molecule is Cc1cncc(CNCCCOc2ccccc2)c1. The smallest absolute Gasteiger partial charge is 0.119 e. The molecule has 100 valence electrons. The molecule has 0 radical (unpaired) electrons. The van der Waals surface area contributed by atoms with E-state index < -0.39 is 0 Å². The van der Waals surface area contributed by atoms with Gasteiger partial charge in [-0.2, -0.15) is 0 Å². The maximum atomic E-state index is 5.63. The number of rotatable bonds is 7. The zero-order chi connectivity index (χ0) is 13.3. The molecule has 0 saturated carbocycles. The van der Waals surface area contributed by atoms with Crippen LogP contribution in [0.5, 0.6) is 5.75 Å². The second-order valence-electron chi connectivity index (χ2n) is 4.56. The van der Waals surface area contributed by atoms with Crippen LogP contribution in [-0.4, -0.2) is 18.1 Å². The average molecular weight is 256 g/mol. The number of aromatic nitrogens is 1. The normalized spacial score (nSPS) is 10.4. The number of nitrogens with one attached hydrogen (secondary N) is 1. The van der Waals surface area contributed by atoms with Crippen LogP contribution >= 0.6 is 0 Å². The standard InChI is InChI=1S/C16H20N2O/c1-14-10-15(13-18-11-14)12-17-8-5-9-19-16-6-3-2-4-7-16/h2-4,6-7,10-11,13,17H,5,8-9,12H2,1H3. The Balaban J connectivity index is 1.58. The molecule has 3 heteroatoms. The summed E-state index contributed by atoms with van der Waals surface area (Å²) in [5, 5.41) is 3.40. The summed E-state index contributed by atoms with van der Waals surface area (Å²) in [6.07, 6.45) is 4.77. The number of pyridine rings is 1. The first-order valence-corrected chi connectivity index (χ1v) is 6.64. The van der Waals surface area contributed by atoms with Crippen LogP contribution in [0.3, 0.4) is 0 Å². The molecule has 0 aliphatic carbocycles. The first-order valence-electron chi connectivity index (χ1n) is 6.64. The molecule has 0 spiro atoms. The molecule has 2 aromatic rings. The number of nitrogens with zero attached hydrogens (tertiary/aromatic N) is 1. The second-order valence-corrected chi connectivity index (χ2v) is 4.56. The summed E-state index contributed by atoms with van der Waals surface area (Å²) in [4.78, 5) is 4.17. The Hall–Kier alpha value is -1.87. The van der Waals surface area contributed by atoms with Gasteiger partial charge in [-0.25, -0.2) is 0 Å². The summed E-state index contributed by atoms with van der Waals surface area (Å²) in [7, 11) is 0. The van der Waals surface area contributed by atoms with Crippen molar-refractivity contribution in [3.05, 3.63) is 59.9 Å². The van der Waals surface area contributed by atoms with Crippen molar-refractivity contribution in [2.24, 2.45) is 0 Å². The molecule has 0 fully saturated rings. The molecular weight excluding hydrogens is 236 g/mol. The van der Waals surface area contributed by atoms with Gasteiger partial charge in [-0.1, -0.05) is 24.3 Å². The quantitative estimate of drug-likeness (QED) is 0.773. The van der Waals surface area contributed by atoms with Crippen molar-refractivity contribution in [2.45, 2.75) is 19.9 Å². The summed E-state index contributed by atoms with van der Waals surface area (Å²) < 4.78 is 5.63. The minimum atomic E-state index is 0.739. The lowest BCUT2D eigenvalue weighted by molar-refractivity contribution is 0.308. The number of hydrogen-bond donors (Lipinski definition) is 1. The fourth-order valence-corrected chi connectivity index (χ4v) is 1.85. The Kier molecular flexibility index (Phi) is 5.38. The van der Waals surface area contributed by atoms with Crippen molar-refractivity contribution in [3.8, 4) is 5.75 Å². The molecule has 1 heterocycles. The van der Waals surface area contributed by atoms with Gasteiger partial charge in [-0.15, -0.1) is 0 Å². The van der Waals surface area contributed by atoms with E-state index in [-0.39, 0.29) is 0 Å². The van der Waals surface area contributed by atoms with Gasteiger partial charge in [0.1, 0.15) is 5.75 Å². The summed E-state index contributed by atoms with van der Waals surface area (Å²) in [5.41, 5.74) is 2.43. The fourth-order valence-electron chi connectivity index (χ4n) is 1.85. The summed E-state index contributed by atoms with van der Waals surface area (Å²) >= 11 is 0. The van der Waals surface area contributed by atoms with Gasteiger partial charge in [-0.3, -0.25) is 4.98 Å². The monoisotopic (exact) mass is 256 g/mol. The Labute approximate surface area is 114 Å². The zero-order valence-corrected chi connectivity index (χ0v) is 11.3. The highest BCUT2D eigenvalue weighted by Gasteiger charge is 1.95. The third-order valence-electron chi connectivity index (χ3n) is 2.77. The van der Waals surface area contributed by atoms with E-state index in [0.29, 0.717) is 0 Å². The van der Waals surface area contributed by atoms with Gasteiger partial charge >= 0.3 is 0 Å². The second kappa shape index (κ2) is 7.54. The van der Waals surface area contributed by atoms with Crippen LogP contribution in [0.2, 0.25) is 0 Å². The highest BCUT2D eigenvalue weighted by molar-refractivity contribution is 5.20. The van der Waals surface area contributed by atoms with Crippen LogP contribution < -0.4 is 10.1 Å². The van der Waals surface area contributed by atoms with E-state index in [1.165, 1.54) is 11.1 Å².